The second kappa shape index (κ2) is 6.18. The van der Waals surface area contributed by atoms with Gasteiger partial charge in [-0.25, -0.2) is 14.2 Å². The number of anilines is 1. The Labute approximate surface area is 146 Å². The second-order valence-corrected chi connectivity index (χ2v) is 5.99. The molecule has 8 heteroatoms. The number of aromatic carboxylic acids is 1. The number of halogens is 2. The lowest BCUT2D eigenvalue weighted by atomic mass is 10.1. The molecule has 128 valence electrons. The first-order valence-corrected chi connectivity index (χ1v) is 7.60. The summed E-state index contributed by atoms with van der Waals surface area (Å²) in [7, 11) is 3.57. The van der Waals surface area contributed by atoms with Crippen molar-refractivity contribution in [2.45, 2.75) is 0 Å². The average Bonchev–Trinajstić information content (AvgIpc) is 2.55. The Morgan fingerprint density at radius 2 is 2.00 bits per heavy atom. The summed E-state index contributed by atoms with van der Waals surface area (Å²) in [5.41, 5.74) is -0.518. The number of rotatable bonds is 3. The van der Waals surface area contributed by atoms with Crippen molar-refractivity contribution < 1.29 is 14.3 Å². The first kappa shape index (κ1) is 16.9. The van der Waals surface area contributed by atoms with Crippen LogP contribution in [0.15, 0.2) is 41.3 Å². The topological polar surface area (TPSA) is 75.4 Å². The van der Waals surface area contributed by atoms with E-state index in [-0.39, 0.29) is 16.1 Å². The minimum atomic E-state index is -1.37. The van der Waals surface area contributed by atoms with E-state index in [9.17, 15) is 19.1 Å². The standard InChI is InChI=1S/C17H13ClFN3O3/c1-21(2)14-6-4-10-15(23)11(17(24)25)8-22(16(10)20-14)13-5-3-9(19)7-12(13)18/h3-8H,1-2H3,(H,24,25). The molecule has 0 aliphatic heterocycles. The Morgan fingerprint density at radius 3 is 2.60 bits per heavy atom. The summed E-state index contributed by atoms with van der Waals surface area (Å²) in [6.45, 7) is 0. The van der Waals surface area contributed by atoms with Crippen molar-refractivity contribution in [2.75, 3.05) is 19.0 Å². The first-order valence-electron chi connectivity index (χ1n) is 7.22. The summed E-state index contributed by atoms with van der Waals surface area (Å²) in [5.74, 6) is -1.32. The van der Waals surface area contributed by atoms with Crippen molar-refractivity contribution in [3.63, 3.8) is 0 Å². The van der Waals surface area contributed by atoms with Crippen LogP contribution in [0.5, 0.6) is 0 Å². The van der Waals surface area contributed by atoms with Gasteiger partial charge in [-0.05, 0) is 30.3 Å². The molecule has 0 saturated heterocycles. The fraction of sp³-hybridized carbons (Fsp3) is 0.118. The summed E-state index contributed by atoms with van der Waals surface area (Å²) < 4.78 is 14.7. The van der Waals surface area contributed by atoms with E-state index in [1.54, 1.807) is 25.1 Å². The predicted molar refractivity (Wildman–Crippen MR) is 93.6 cm³/mol. The number of hydrogen-bond donors (Lipinski definition) is 1. The SMILES string of the molecule is CN(C)c1ccc2c(=O)c(C(=O)O)cn(-c3ccc(F)cc3Cl)c2n1. The van der Waals surface area contributed by atoms with Gasteiger partial charge >= 0.3 is 5.97 Å². The third-order valence-corrected chi connectivity index (χ3v) is 4.00. The monoisotopic (exact) mass is 361 g/mol. The molecule has 2 aromatic heterocycles. The van der Waals surface area contributed by atoms with Gasteiger partial charge in [0.05, 0.1) is 16.1 Å². The molecule has 0 aliphatic carbocycles. The normalized spacial score (nSPS) is 10.9. The van der Waals surface area contributed by atoms with Crippen LogP contribution in [0, 0.1) is 5.82 Å². The molecule has 25 heavy (non-hydrogen) atoms. The summed E-state index contributed by atoms with van der Waals surface area (Å²) in [6, 6.07) is 6.84. The maximum absolute atomic E-state index is 13.4. The highest BCUT2D eigenvalue weighted by molar-refractivity contribution is 6.32. The van der Waals surface area contributed by atoms with Gasteiger partial charge in [-0.3, -0.25) is 9.36 Å². The molecule has 1 N–H and O–H groups in total. The lowest BCUT2D eigenvalue weighted by Gasteiger charge is -2.16. The zero-order valence-corrected chi connectivity index (χ0v) is 14.1. The van der Waals surface area contributed by atoms with Crippen molar-refractivity contribution in [1.82, 2.24) is 9.55 Å². The Bertz CT molecular complexity index is 1060. The Kier molecular flexibility index (Phi) is 4.18. The number of carbonyl (C=O) groups is 1. The van der Waals surface area contributed by atoms with Crippen LogP contribution in [-0.4, -0.2) is 34.7 Å². The number of nitrogens with zero attached hydrogens (tertiary/aromatic N) is 3. The van der Waals surface area contributed by atoms with Crippen LogP contribution in [0.25, 0.3) is 16.7 Å². The molecule has 6 nitrogen and oxygen atoms in total. The number of aromatic nitrogens is 2. The van der Waals surface area contributed by atoms with E-state index in [2.05, 4.69) is 4.98 Å². The Hall–Kier alpha value is -2.93. The molecule has 0 radical (unpaired) electrons. The lowest BCUT2D eigenvalue weighted by molar-refractivity contribution is 0.0695. The van der Waals surface area contributed by atoms with Crippen LogP contribution in [0.3, 0.4) is 0 Å². The van der Waals surface area contributed by atoms with Crippen LogP contribution in [0.1, 0.15) is 10.4 Å². The molecular weight excluding hydrogens is 349 g/mol. The summed E-state index contributed by atoms with van der Waals surface area (Å²) in [5, 5.41) is 9.52. The highest BCUT2D eigenvalue weighted by Gasteiger charge is 2.18. The molecule has 3 rings (SSSR count). The van der Waals surface area contributed by atoms with Crippen LogP contribution >= 0.6 is 11.6 Å². The molecule has 0 atom stereocenters. The second-order valence-electron chi connectivity index (χ2n) is 5.58. The molecule has 1 aromatic carbocycles. The van der Waals surface area contributed by atoms with E-state index >= 15 is 0 Å². The summed E-state index contributed by atoms with van der Waals surface area (Å²) in [4.78, 5) is 30.0. The van der Waals surface area contributed by atoms with Crippen molar-refractivity contribution in [3.8, 4) is 5.69 Å². The number of hydrogen-bond acceptors (Lipinski definition) is 4. The van der Waals surface area contributed by atoms with Gasteiger partial charge in [0.25, 0.3) is 0 Å². The van der Waals surface area contributed by atoms with E-state index in [0.29, 0.717) is 11.5 Å². The summed E-state index contributed by atoms with van der Waals surface area (Å²) in [6.07, 6.45) is 1.15. The smallest absolute Gasteiger partial charge is 0.341 e. The fourth-order valence-corrected chi connectivity index (χ4v) is 2.71. The third kappa shape index (κ3) is 2.94. The van der Waals surface area contributed by atoms with Crippen molar-refractivity contribution in [1.29, 1.82) is 0 Å². The zero-order valence-electron chi connectivity index (χ0n) is 13.3. The van der Waals surface area contributed by atoms with Crippen LogP contribution in [0.2, 0.25) is 5.02 Å². The molecule has 0 bridgehead atoms. The lowest BCUT2D eigenvalue weighted by Crippen LogP contribution is -2.20. The van der Waals surface area contributed by atoms with E-state index in [1.165, 1.54) is 22.8 Å². The van der Waals surface area contributed by atoms with E-state index in [0.717, 1.165) is 12.3 Å². The molecule has 2 heterocycles. The average molecular weight is 362 g/mol. The number of benzene rings is 1. The van der Waals surface area contributed by atoms with E-state index in [1.807, 2.05) is 0 Å². The quantitative estimate of drug-likeness (QED) is 0.776. The Balaban J connectivity index is 2.46. The molecule has 0 amide bonds. The van der Waals surface area contributed by atoms with Gasteiger partial charge in [-0.2, -0.15) is 0 Å². The maximum Gasteiger partial charge on any atom is 0.341 e. The number of carboxylic acid groups (broad SMARTS) is 1. The van der Waals surface area contributed by atoms with Crippen LogP contribution in [0.4, 0.5) is 10.2 Å². The highest BCUT2D eigenvalue weighted by Crippen LogP contribution is 2.25. The van der Waals surface area contributed by atoms with Crippen LogP contribution in [-0.2, 0) is 0 Å². The largest absolute Gasteiger partial charge is 0.477 e. The van der Waals surface area contributed by atoms with Gasteiger partial charge < -0.3 is 10.0 Å². The first-order chi connectivity index (χ1) is 11.8. The Morgan fingerprint density at radius 1 is 1.28 bits per heavy atom. The van der Waals surface area contributed by atoms with Gasteiger partial charge in [0.15, 0.2) is 5.65 Å². The number of carboxylic acids is 1. The molecule has 0 aliphatic rings. The maximum atomic E-state index is 13.4. The van der Waals surface area contributed by atoms with E-state index in [4.69, 9.17) is 11.6 Å². The summed E-state index contributed by atoms with van der Waals surface area (Å²) >= 11 is 6.11. The molecule has 0 spiro atoms. The van der Waals surface area contributed by atoms with Crippen molar-refractivity contribution in [2.24, 2.45) is 0 Å². The zero-order chi connectivity index (χ0) is 18.3. The van der Waals surface area contributed by atoms with Gasteiger partial charge in [-0.15, -0.1) is 0 Å². The van der Waals surface area contributed by atoms with Gasteiger partial charge in [-0.1, -0.05) is 11.6 Å². The van der Waals surface area contributed by atoms with Gasteiger partial charge in [0.1, 0.15) is 17.2 Å². The molecular formula is C17H13ClFN3O3. The van der Waals surface area contributed by atoms with Gasteiger partial charge in [0, 0.05) is 20.3 Å². The number of fused-ring (bicyclic) bond motifs is 1. The molecule has 0 unspecified atom stereocenters. The molecule has 3 aromatic rings. The van der Waals surface area contributed by atoms with Crippen LogP contribution < -0.4 is 10.3 Å². The molecule has 0 fully saturated rings. The van der Waals surface area contributed by atoms with Crippen molar-refractivity contribution >= 4 is 34.4 Å². The fourth-order valence-electron chi connectivity index (χ4n) is 2.45. The predicted octanol–water partition coefficient (Wildman–Crippen LogP) is 2.94. The van der Waals surface area contributed by atoms with E-state index < -0.39 is 22.8 Å². The molecule has 0 saturated carbocycles. The minimum absolute atomic E-state index is 0.0679. The van der Waals surface area contributed by atoms with Gasteiger partial charge in [0.2, 0.25) is 5.43 Å². The highest BCUT2D eigenvalue weighted by atomic mass is 35.5. The van der Waals surface area contributed by atoms with Crippen molar-refractivity contribution in [3.05, 3.63) is 63.2 Å². The third-order valence-electron chi connectivity index (χ3n) is 3.69. The number of pyridine rings is 2. The minimum Gasteiger partial charge on any atom is -0.477 e.